The van der Waals surface area contributed by atoms with Gasteiger partial charge in [0.15, 0.2) is 0 Å². The van der Waals surface area contributed by atoms with Gasteiger partial charge in [-0.05, 0) is 24.8 Å². The maximum Gasteiger partial charge on any atom is 0.120 e. The lowest BCUT2D eigenvalue weighted by Gasteiger charge is -2.13. The van der Waals surface area contributed by atoms with Crippen LogP contribution in [0.5, 0.6) is 0 Å². The van der Waals surface area contributed by atoms with E-state index in [1.54, 1.807) is 0 Å². The molecule has 0 N–H and O–H groups in total. The summed E-state index contributed by atoms with van der Waals surface area (Å²) in [6.45, 7) is 4.24. The maximum absolute atomic E-state index is 10.5. The summed E-state index contributed by atoms with van der Waals surface area (Å²) >= 11 is 0. The van der Waals surface area contributed by atoms with Gasteiger partial charge in [0, 0.05) is 6.42 Å². The number of hydrogen-bond acceptors (Lipinski definition) is 1. The van der Waals surface area contributed by atoms with Crippen LogP contribution in [0, 0.1) is 6.92 Å². The summed E-state index contributed by atoms with van der Waals surface area (Å²) < 4.78 is 0. The number of benzene rings is 1. The van der Waals surface area contributed by atoms with Crippen molar-refractivity contribution >= 4 is 6.29 Å². The predicted molar refractivity (Wildman–Crippen MR) is 59.5 cm³/mol. The van der Waals surface area contributed by atoms with Gasteiger partial charge in [0.2, 0.25) is 0 Å². The molecule has 76 valence electrons. The topological polar surface area (TPSA) is 17.1 Å². The summed E-state index contributed by atoms with van der Waals surface area (Å²) in [4.78, 5) is 10.5. The molecule has 1 aromatic carbocycles. The molecule has 0 unspecified atom stereocenters. The van der Waals surface area contributed by atoms with Crippen LogP contribution in [0.1, 0.15) is 43.2 Å². The Hall–Kier alpha value is -1.11. The van der Waals surface area contributed by atoms with E-state index >= 15 is 0 Å². The average Bonchev–Trinajstić information content (AvgIpc) is 2.19. The van der Waals surface area contributed by atoms with E-state index in [1.165, 1.54) is 11.1 Å². The summed E-state index contributed by atoms with van der Waals surface area (Å²) in [6.07, 6.45) is 3.91. The van der Waals surface area contributed by atoms with Crippen molar-refractivity contribution in [3.05, 3.63) is 35.4 Å². The van der Waals surface area contributed by atoms with Crippen LogP contribution in [0.3, 0.4) is 0 Å². The Kier molecular flexibility index (Phi) is 4.37. The molecule has 0 bridgehead atoms. The number of aryl methyl sites for hydroxylation is 1. The van der Waals surface area contributed by atoms with Crippen molar-refractivity contribution in [2.75, 3.05) is 0 Å². The van der Waals surface area contributed by atoms with Crippen LogP contribution < -0.4 is 0 Å². The van der Waals surface area contributed by atoms with E-state index < -0.39 is 0 Å². The van der Waals surface area contributed by atoms with Crippen LogP contribution in [0.15, 0.2) is 24.3 Å². The van der Waals surface area contributed by atoms with E-state index in [9.17, 15) is 4.79 Å². The smallest absolute Gasteiger partial charge is 0.120 e. The van der Waals surface area contributed by atoms with Crippen LogP contribution in [0.2, 0.25) is 0 Å². The molecular weight excluding hydrogens is 172 g/mol. The van der Waals surface area contributed by atoms with Crippen molar-refractivity contribution < 1.29 is 4.79 Å². The Morgan fingerprint density at radius 2 is 1.93 bits per heavy atom. The molecule has 14 heavy (non-hydrogen) atoms. The summed E-state index contributed by atoms with van der Waals surface area (Å²) in [5.41, 5.74) is 2.57. The van der Waals surface area contributed by atoms with Crippen molar-refractivity contribution in [1.82, 2.24) is 0 Å². The highest BCUT2D eigenvalue weighted by Crippen LogP contribution is 2.23. The van der Waals surface area contributed by atoms with E-state index in [1.807, 2.05) is 0 Å². The van der Waals surface area contributed by atoms with Crippen LogP contribution >= 0.6 is 0 Å². The normalized spacial score (nSPS) is 12.4. The quantitative estimate of drug-likeness (QED) is 0.650. The van der Waals surface area contributed by atoms with Gasteiger partial charge in [-0.2, -0.15) is 0 Å². The molecule has 1 atom stereocenters. The molecule has 1 rings (SSSR count). The van der Waals surface area contributed by atoms with E-state index in [-0.39, 0.29) is 0 Å². The highest BCUT2D eigenvalue weighted by atomic mass is 16.1. The van der Waals surface area contributed by atoms with Crippen molar-refractivity contribution in [3.8, 4) is 0 Å². The van der Waals surface area contributed by atoms with Crippen LogP contribution in [-0.2, 0) is 4.79 Å². The highest BCUT2D eigenvalue weighted by molar-refractivity contribution is 5.51. The number of carbonyl (C=O) groups excluding carboxylic acids is 1. The fourth-order valence-corrected chi connectivity index (χ4v) is 1.72. The maximum atomic E-state index is 10.5. The third-order valence-electron chi connectivity index (χ3n) is 2.57. The van der Waals surface area contributed by atoms with Gasteiger partial charge in [0.25, 0.3) is 0 Å². The Labute approximate surface area is 86.1 Å². The molecule has 0 aliphatic rings. The first-order valence-corrected chi connectivity index (χ1v) is 5.28. The monoisotopic (exact) mass is 190 g/mol. The van der Waals surface area contributed by atoms with Gasteiger partial charge >= 0.3 is 0 Å². The van der Waals surface area contributed by atoms with Crippen LogP contribution in [0.4, 0.5) is 0 Å². The van der Waals surface area contributed by atoms with Gasteiger partial charge in [-0.25, -0.2) is 0 Å². The van der Waals surface area contributed by atoms with Gasteiger partial charge in [-0.3, -0.25) is 0 Å². The first kappa shape index (κ1) is 11.0. The van der Waals surface area contributed by atoms with Gasteiger partial charge < -0.3 is 4.79 Å². The second-order valence-corrected chi connectivity index (χ2v) is 3.80. The molecular formula is C13H18O. The molecule has 0 radical (unpaired) electrons. The van der Waals surface area contributed by atoms with Gasteiger partial charge in [-0.1, -0.05) is 43.2 Å². The Morgan fingerprint density at radius 1 is 1.29 bits per heavy atom. The van der Waals surface area contributed by atoms with Gasteiger partial charge in [0.1, 0.15) is 6.29 Å². The molecule has 0 amide bonds. The lowest BCUT2D eigenvalue weighted by atomic mass is 9.91. The largest absolute Gasteiger partial charge is 0.303 e. The number of carbonyl (C=O) groups is 1. The Balaban J connectivity index is 2.76. The summed E-state index contributed by atoms with van der Waals surface area (Å²) in [7, 11) is 0. The number of hydrogen-bond donors (Lipinski definition) is 0. The zero-order valence-electron chi connectivity index (χ0n) is 8.99. The fourth-order valence-electron chi connectivity index (χ4n) is 1.72. The van der Waals surface area contributed by atoms with Crippen LogP contribution in [-0.4, -0.2) is 6.29 Å². The predicted octanol–water partition coefficient (Wildman–Crippen LogP) is 3.47. The molecule has 0 aromatic heterocycles. The highest BCUT2D eigenvalue weighted by Gasteiger charge is 2.09. The van der Waals surface area contributed by atoms with Crippen molar-refractivity contribution in [3.63, 3.8) is 0 Å². The molecule has 0 aliphatic heterocycles. The Bertz CT molecular complexity index is 274. The second-order valence-electron chi connectivity index (χ2n) is 3.80. The first-order valence-electron chi connectivity index (χ1n) is 5.28. The zero-order valence-corrected chi connectivity index (χ0v) is 8.99. The third-order valence-corrected chi connectivity index (χ3v) is 2.57. The molecule has 1 heteroatoms. The van der Waals surface area contributed by atoms with Crippen LogP contribution in [0.25, 0.3) is 0 Å². The molecule has 1 nitrogen and oxygen atoms in total. The molecule has 0 aliphatic carbocycles. The van der Waals surface area contributed by atoms with Gasteiger partial charge in [0.05, 0.1) is 0 Å². The molecule has 1 aromatic rings. The van der Waals surface area contributed by atoms with E-state index in [0.717, 1.165) is 19.1 Å². The number of aldehydes is 1. The van der Waals surface area contributed by atoms with Gasteiger partial charge in [-0.15, -0.1) is 0 Å². The van der Waals surface area contributed by atoms with E-state index in [4.69, 9.17) is 0 Å². The minimum absolute atomic E-state index is 0.415. The summed E-state index contributed by atoms with van der Waals surface area (Å²) in [5.74, 6) is 0.415. The SMILES string of the molecule is CCC[C@H](CC=O)c1ccc(C)cc1. The van der Waals surface area contributed by atoms with Crippen molar-refractivity contribution in [2.24, 2.45) is 0 Å². The Morgan fingerprint density at radius 3 is 2.43 bits per heavy atom. The summed E-state index contributed by atoms with van der Waals surface area (Å²) in [6, 6.07) is 8.50. The van der Waals surface area contributed by atoms with Crippen molar-refractivity contribution in [2.45, 2.75) is 39.0 Å². The average molecular weight is 190 g/mol. The molecule has 0 heterocycles. The first-order chi connectivity index (χ1) is 6.77. The lowest BCUT2D eigenvalue weighted by Crippen LogP contribution is -1.99. The lowest BCUT2D eigenvalue weighted by molar-refractivity contribution is -0.108. The summed E-state index contributed by atoms with van der Waals surface area (Å²) in [5, 5.41) is 0. The van der Waals surface area contributed by atoms with E-state index in [0.29, 0.717) is 12.3 Å². The molecule has 0 spiro atoms. The zero-order chi connectivity index (χ0) is 10.4. The van der Waals surface area contributed by atoms with Crippen molar-refractivity contribution in [1.29, 1.82) is 0 Å². The molecule has 0 fully saturated rings. The third kappa shape index (κ3) is 2.99. The minimum Gasteiger partial charge on any atom is -0.303 e. The van der Waals surface area contributed by atoms with E-state index in [2.05, 4.69) is 38.1 Å². The fraction of sp³-hybridized carbons (Fsp3) is 0.462. The standard InChI is InChI=1S/C13H18O/c1-3-4-12(9-10-14)13-7-5-11(2)6-8-13/h5-8,10,12H,3-4,9H2,1-2H3/t12-/m1/s1. The minimum atomic E-state index is 0.415. The molecule has 0 saturated heterocycles. The second kappa shape index (κ2) is 5.58. The molecule has 0 saturated carbocycles. The number of rotatable bonds is 5.